The normalized spacial score (nSPS) is 10.7. The van der Waals surface area contributed by atoms with Crippen molar-refractivity contribution in [3.05, 3.63) is 30.6 Å². The van der Waals surface area contributed by atoms with Crippen LogP contribution in [-0.2, 0) is 0 Å². The number of benzene rings is 1. The lowest BCUT2D eigenvalue weighted by molar-refractivity contribution is 1.19. The fourth-order valence-electron chi connectivity index (χ4n) is 1.67. The molecule has 0 saturated carbocycles. The van der Waals surface area contributed by atoms with E-state index in [-0.39, 0.29) is 0 Å². The first-order valence-corrected chi connectivity index (χ1v) is 6.43. The van der Waals surface area contributed by atoms with Crippen molar-refractivity contribution in [3.8, 4) is 11.4 Å². The lowest BCUT2D eigenvalue weighted by atomic mass is 10.2. The van der Waals surface area contributed by atoms with Gasteiger partial charge in [0.1, 0.15) is 0 Å². The van der Waals surface area contributed by atoms with Gasteiger partial charge in [-0.3, -0.25) is 9.97 Å². The summed E-state index contributed by atoms with van der Waals surface area (Å²) in [6.45, 7) is 2.88. The van der Waals surface area contributed by atoms with Crippen molar-refractivity contribution in [2.45, 2.75) is 6.92 Å². The van der Waals surface area contributed by atoms with E-state index in [9.17, 15) is 0 Å². The highest BCUT2D eigenvalue weighted by Gasteiger charge is 2.07. The molecule has 1 aromatic carbocycles. The van der Waals surface area contributed by atoms with Gasteiger partial charge < -0.3 is 5.32 Å². The predicted octanol–water partition coefficient (Wildman–Crippen LogP) is 2.58. The number of nitrogens with one attached hydrogen (secondary N) is 1. The van der Waals surface area contributed by atoms with E-state index in [1.807, 2.05) is 25.1 Å². The van der Waals surface area contributed by atoms with Gasteiger partial charge in [-0.15, -0.1) is 0 Å². The SMILES string of the molecule is CCNc1nc(-c2ccc3nccnc3c2)ns1. The first-order valence-electron chi connectivity index (χ1n) is 5.65. The Bertz CT molecular complexity index is 679. The Morgan fingerprint density at radius 2 is 2.00 bits per heavy atom. The van der Waals surface area contributed by atoms with Crippen LogP contribution >= 0.6 is 11.5 Å². The van der Waals surface area contributed by atoms with Crippen molar-refractivity contribution < 1.29 is 0 Å². The molecule has 2 aromatic heterocycles. The van der Waals surface area contributed by atoms with Crippen LogP contribution < -0.4 is 5.32 Å². The minimum atomic E-state index is 0.725. The van der Waals surface area contributed by atoms with Crippen LogP contribution in [0.3, 0.4) is 0 Å². The molecule has 0 aliphatic rings. The summed E-state index contributed by atoms with van der Waals surface area (Å²) in [4.78, 5) is 12.9. The van der Waals surface area contributed by atoms with Crippen LogP contribution in [0.4, 0.5) is 5.13 Å². The Labute approximate surface area is 108 Å². The monoisotopic (exact) mass is 257 g/mol. The number of fused-ring (bicyclic) bond motifs is 1. The molecule has 18 heavy (non-hydrogen) atoms. The van der Waals surface area contributed by atoms with Crippen LogP contribution in [0.15, 0.2) is 30.6 Å². The van der Waals surface area contributed by atoms with Crippen molar-refractivity contribution in [3.63, 3.8) is 0 Å². The van der Waals surface area contributed by atoms with E-state index in [2.05, 4.69) is 24.6 Å². The molecule has 0 aliphatic heterocycles. The highest BCUT2D eigenvalue weighted by Crippen LogP contribution is 2.23. The zero-order chi connectivity index (χ0) is 12.4. The minimum Gasteiger partial charge on any atom is -0.361 e. The largest absolute Gasteiger partial charge is 0.361 e. The Morgan fingerprint density at radius 3 is 2.83 bits per heavy atom. The maximum Gasteiger partial charge on any atom is 0.202 e. The van der Waals surface area contributed by atoms with Gasteiger partial charge in [-0.2, -0.15) is 9.36 Å². The van der Waals surface area contributed by atoms with E-state index >= 15 is 0 Å². The van der Waals surface area contributed by atoms with Gasteiger partial charge in [-0.05, 0) is 25.1 Å². The summed E-state index contributed by atoms with van der Waals surface area (Å²) >= 11 is 1.37. The molecule has 5 nitrogen and oxygen atoms in total. The third-order valence-corrected chi connectivity index (χ3v) is 3.15. The second-order valence-corrected chi connectivity index (χ2v) is 4.47. The molecule has 0 bridgehead atoms. The average molecular weight is 257 g/mol. The molecule has 90 valence electrons. The second kappa shape index (κ2) is 4.66. The van der Waals surface area contributed by atoms with Gasteiger partial charge >= 0.3 is 0 Å². The summed E-state index contributed by atoms with van der Waals surface area (Å²) in [5, 5.41) is 3.99. The second-order valence-electron chi connectivity index (χ2n) is 3.71. The maximum atomic E-state index is 4.43. The lowest BCUT2D eigenvalue weighted by Crippen LogP contribution is -1.95. The average Bonchev–Trinajstić information content (AvgIpc) is 2.87. The molecule has 0 aliphatic carbocycles. The van der Waals surface area contributed by atoms with E-state index in [0.29, 0.717) is 0 Å². The third-order valence-electron chi connectivity index (χ3n) is 2.48. The van der Waals surface area contributed by atoms with Crippen molar-refractivity contribution in [2.75, 3.05) is 11.9 Å². The van der Waals surface area contributed by atoms with Crippen LogP contribution in [-0.4, -0.2) is 25.9 Å². The maximum absolute atomic E-state index is 4.43. The molecule has 3 aromatic rings. The molecule has 0 atom stereocenters. The zero-order valence-corrected chi connectivity index (χ0v) is 10.6. The van der Waals surface area contributed by atoms with Gasteiger partial charge in [0.25, 0.3) is 0 Å². The topological polar surface area (TPSA) is 63.6 Å². The summed E-state index contributed by atoms with van der Waals surface area (Å²) in [5.41, 5.74) is 2.70. The van der Waals surface area contributed by atoms with Crippen molar-refractivity contribution >= 4 is 27.7 Å². The van der Waals surface area contributed by atoms with Crippen LogP contribution in [0.5, 0.6) is 0 Å². The smallest absolute Gasteiger partial charge is 0.202 e. The minimum absolute atomic E-state index is 0.725. The summed E-state index contributed by atoms with van der Waals surface area (Å²) in [6.07, 6.45) is 3.37. The first kappa shape index (κ1) is 11.0. The molecule has 1 N–H and O–H groups in total. The number of rotatable bonds is 3. The molecular formula is C12H11N5S. The van der Waals surface area contributed by atoms with E-state index in [1.165, 1.54) is 11.5 Å². The molecule has 0 unspecified atom stereocenters. The van der Waals surface area contributed by atoms with Gasteiger partial charge in [0.2, 0.25) is 5.13 Å². The van der Waals surface area contributed by atoms with E-state index in [0.717, 1.165) is 34.1 Å². The number of aromatic nitrogens is 4. The van der Waals surface area contributed by atoms with Crippen molar-refractivity contribution in [1.29, 1.82) is 0 Å². The Hall–Kier alpha value is -2.08. The molecule has 0 fully saturated rings. The highest BCUT2D eigenvalue weighted by atomic mass is 32.1. The quantitative estimate of drug-likeness (QED) is 0.781. The highest BCUT2D eigenvalue weighted by molar-refractivity contribution is 7.09. The number of nitrogens with zero attached hydrogens (tertiary/aromatic N) is 4. The van der Waals surface area contributed by atoms with Crippen LogP contribution in [0.25, 0.3) is 22.4 Å². The fraction of sp³-hybridized carbons (Fsp3) is 0.167. The molecule has 0 spiro atoms. The van der Waals surface area contributed by atoms with Gasteiger partial charge in [0, 0.05) is 36.0 Å². The number of anilines is 1. The molecule has 0 amide bonds. The Kier molecular flexibility index (Phi) is 2.85. The van der Waals surface area contributed by atoms with E-state index in [1.54, 1.807) is 12.4 Å². The van der Waals surface area contributed by atoms with E-state index < -0.39 is 0 Å². The lowest BCUT2D eigenvalue weighted by Gasteiger charge is -1.98. The van der Waals surface area contributed by atoms with Crippen LogP contribution in [0, 0.1) is 0 Å². The third kappa shape index (κ3) is 2.02. The molecular weight excluding hydrogens is 246 g/mol. The number of hydrogen-bond donors (Lipinski definition) is 1. The van der Waals surface area contributed by atoms with Gasteiger partial charge in [0.05, 0.1) is 11.0 Å². The van der Waals surface area contributed by atoms with Crippen LogP contribution in [0.2, 0.25) is 0 Å². The summed E-state index contributed by atoms with van der Waals surface area (Å²) < 4.78 is 4.33. The summed E-state index contributed by atoms with van der Waals surface area (Å²) in [7, 11) is 0. The fourth-order valence-corrected chi connectivity index (χ4v) is 2.32. The summed E-state index contributed by atoms with van der Waals surface area (Å²) in [6, 6.07) is 5.86. The van der Waals surface area contributed by atoms with E-state index in [4.69, 9.17) is 0 Å². The summed E-state index contributed by atoms with van der Waals surface area (Å²) in [5.74, 6) is 0.725. The predicted molar refractivity (Wildman–Crippen MR) is 72.6 cm³/mol. The molecule has 0 radical (unpaired) electrons. The Balaban J connectivity index is 2.02. The first-order chi connectivity index (χ1) is 8.86. The van der Waals surface area contributed by atoms with Gasteiger partial charge in [0.15, 0.2) is 5.82 Å². The zero-order valence-electron chi connectivity index (χ0n) is 9.79. The molecule has 2 heterocycles. The Morgan fingerprint density at radius 1 is 1.17 bits per heavy atom. The van der Waals surface area contributed by atoms with Crippen molar-refractivity contribution in [2.24, 2.45) is 0 Å². The van der Waals surface area contributed by atoms with Crippen LogP contribution in [0.1, 0.15) is 6.92 Å². The van der Waals surface area contributed by atoms with Crippen molar-refractivity contribution in [1.82, 2.24) is 19.3 Å². The molecule has 3 rings (SSSR count). The van der Waals surface area contributed by atoms with Gasteiger partial charge in [-0.1, -0.05) is 0 Å². The molecule has 0 saturated heterocycles. The molecule has 6 heteroatoms. The standard InChI is InChI=1S/C12H11N5S/c1-2-13-12-16-11(17-18-12)8-3-4-9-10(7-8)15-6-5-14-9/h3-7H,2H2,1H3,(H,13,16,17). The van der Waals surface area contributed by atoms with Gasteiger partial charge in [-0.25, -0.2) is 0 Å². The number of hydrogen-bond acceptors (Lipinski definition) is 6.